The molecule has 192 valence electrons. The van der Waals surface area contributed by atoms with Crippen molar-refractivity contribution in [2.75, 3.05) is 10.6 Å². The van der Waals surface area contributed by atoms with Gasteiger partial charge in [-0.25, -0.2) is 9.78 Å². The van der Waals surface area contributed by atoms with Crippen molar-refractivity contribution in [3.8, 4) is 5.69 Å². The number of aromatic nitrogens is 3. The Bertz CT molecular complexity index is 1670. The van der Waals surface area contributed by atoms with Crippen LogP contribution in [0.15, 0.2) is 102 Å². The van der Waals surface area contributed by atoms with Crippen molar-refractivity contribution in [2.24, 2.45) is 0 Å². The van der Waals surface area contributed by atoms with Gasteiger partial charge < -0.3 is 10.6 Å². The van der Waals surface area contributed by atoms with Crippen molar-refractivity contribution in [2.45, 2.75) is 18.0 Å². The Labute approximate surface area is 219 Å². The van der Waals surface area contributed by atoms with Crippen molar-refractivity contribution in [1.82, 2.24) is 19.9 Å². The van der Waals surface area contributed by atoms with E-state index >= 15 is 0 Å². The molecule has 0 aliphatic heterocycles. The molecule has 2 aromatic heterocycles. The Hall–Kier alpha value is -4.74. The minimum atomic E-state index is -4.42. The Morgan fingerprint density at radius 2 is 1.66 bits per heavy atom. The number of benzene rings is 3. The van der Waals surface area contributed by atoms with Crippen molar-refractivity contribution in [3.63, 3.8) is 0 Å². The third-order valence-corrected chi connectivity index (χ3v) is 6.62. The summed E-state index contributed by atoms with van der Waals surface area (Å²) in [7, 11) is -4.42. The Morgan fingerprint density at radius 1 is 0.895 bits per heavy atom. The first-order valence-electron chi connectivity index (χ1n) is 11.7. The van der Waals surface area contributed by atoms with Gasteiger partial charge in [0, 0.05) is 24.1 Å². The molecule has 4 N–H and O–H groups in total. The van der Waals surface area contributed by atoms with Gasteiger partial charge in [-0.1, -0.05) is 36.4 Å². The maximum atomic E-state index is 12.7. The Balaban J connectivity index is 1.43. The van der Waals surface area contributed by atoms with E-state index in [1.54, 1.807) is 22.9 Å². The predicted molar refractivity (Wildman–Crippen MR) is 145 cm³/mol. The first kappa shape index (κ1) is 24.9. The van der Waals surface area contributed by atoms with Gasteiger partial charge in [0.2, 0.25) is 5.95 Å². The number of pyridine rings is 1. The van der Waals surface area contributed by atoms with Crippen LogP contribution < -0.4 is 16.0 Å². The number of urea groups is 1. The van der Waals surface area contributed by atoms with Gasteiger partial charge in [0.15, 0.2) is 0 Å². The first-order chi connectivity index (χ1) is 18.4. The van der Waals surface area contributed by atoms with Gasteiger partial charge in [0.25, 0.3) is 10.1 Å². The molecule has 10 nitrogen and oxygen atoms in total. The Kier molecular flexibility index (Phi) is 7.03. The van der Waals surface area contributed by atoms with Crippen LogP contribution in [0.4, 0.5) is 16.4 Å². The molecule has 0 unspecified atom stereocenters. The number of hydrogen-bond donors (Lipinski definition) is 4. The van der Waals surface area contributed by atoms with E-state index in [-0.39, 0.29) is 22.9 Å². The summed E-state index contributed by atoms with van der Waals surface area (Å²) in [5, 5.41) is 8.84. The van der Waals surface area contributed by atoms with Crippen molar-refractivity contribution in [1.29, 1.82) is 0 Å². The average molecular weight is 529 g/mol. The number of nitrogens with zero attached hydrogens (tertiary/aromatic N) is 3. The van der Waals surface area contributed by atoms with E-state index in [4.69, 9.17) is 0 Å². The zero-order valence-corrected chi connectivity index (χ0v) is 20.9. The number of amides is 2. The molecule has 0 fully saturated rings. The number of imidazole rings is 1. The molecular weight excluding hydrogens is 504 g/mol. The monoisotopic (exact) mass is 528 g/mol. The highest BCUT2D eigenvalue weighted by Gasteiger charge is 2.18. The molecule has 0 saturated carbocycles. The number of fused-ring (bicyclic) bond motifs is 1. The maximum absolute atomic E-state index is 12.7. The number of nitrogens with one attached hydrogen (secondary N) is 3. The van der Waals surface area contributed by atoms with Crippen LogP contribution in [0.3, 0.4) is 0 Å². The van der Waals surface area contributed by atoms with E-state index in [0.717, 1.165) is 11.3 Å². The SMILES string of the molecule is O=C(NCc1ccccn1)Nc1nc2cc(S(=O)(=O)O)ccc2n1-c1ccc(NCc2ccccc2)cc1. The van der Waals surface area contributed by atoms with Crippen molar-refractivity contribution >= 4 is 38.8 Å². The van der Waals surface area contributed by atoms with Gasteiger partial charge in [0.1, 0.15) is 0 Å². The van der Waals surface area contributed by atoms with E-state index in [1.165, 1.54) is 18.2 Å². The van der Waals surface area contributed by atoms with Crippen LogP contribution in [0, 0.1) is 0 Å². The number of anilines is 2. The quantitative estimate of drug-likeness (QED) is 0.216. The summed E-state index contributed by atoms with van der Waals surface area (Å²) in [6.07, 6.45) is 1.64. The molecule has 0 aliphatic carbocycles. The summed E-state index contributed by atoms with van der Waals surface area (Å²) in [4.78, 5) is 21.0. The molecule has 0 saturated heterocycles. The van der Waals surface area contributed by atoms with Gasteiger partial charge in [0.05, 0.1) is 28.2 Å². The van der Waals surface area contributed by atoms with Crippen LogP contribution in [0.2, 0.25) is 0 Å². The normalized spacial score (nSPS) is 11.3. The van der Waals surface area contributed by atoms with Gasteiger partial charge in [-0.2, -0.15) is 8.42 Å². The van der Waals surface area contributed by atoms with Crippen molar-refractivity contribution < 1.29 is 17.8 Å². The molecule has 5 rings (SSSR count). The molecule has 2 amide bonds. The zero-order valence-electron chi connectivity index (χ0n) is 20.1. The highest BCUT2D eigenvalue weighted by molar-refractivity contribution is 7.85. The third kappa shape index (κ3) is 5.80. The number of carbonyl (C=O) groups excluding carboxylic acids is 1. The van der Waals surface area contributed by atoms with Crippen LogP contribution in [-0.4, -0.2) is 33.5 Å². The lowest BCUT2D eigenvalue weighted by Crippen LogP contribution is -2.29. The molecule has 0 bridgehead atoms. The predicted octanol–water partition coefficient (Wildman–Crippen LogP) is 4.60. The average Bonchev–Trinajstić information content (AvgIpc) is 3.28. The van der Waals surface area contributed by atoms with E-state index < -0.39 is 16.1 Å². The van der Waals surface area contributed by atoms with Crippen LogP contribution in [0.5, 0.6) is 0 Å². The van der Waals surface area contributed by atoms with Crippen LogP contribution in [0.25, 0.3) is 16.7 Å². The van der Waals surface area contributed by atoms with Gasteiger partial charge >= 0.3 is 6.03 Å². The molecule has 3 aromatic carbocycles. The minimum Gasteiger partial charge on any atom is -0.381 e. The molecule has 2 heterocycles. The Morgan fingerprint density at radius 3 is 2.37 bits per heavy atom. The second-order valence-electron chi connectivity index (χ2n) is 8.41. The fraction of sp³-hybridized carbons (Fsp3) is 0.0741. The molecular formula is C27H24N6O4S. The highest BCUT2D eigenvalue weighted by atomic mass is 32.2. The molecule has 0 radical (unpaired) electrons. The minimum absolute atomic E-state index is 0.177. The molecule has 0 spiro atoms. The van der Waals surface area contributed by atoms with E-state index in [0.29, 0.717) is 23.4 Å². The van der Waals surface area contributed by atoms with E-state index in [2.05, 4.69) is 25.9 Å². The molecule has 11 heteroatoms. The fourth-order valence-electron chi connectivity index (χ4n) is 3.91. The van der Waals surface area contributed by atoms with Crippen LogP contribution in [0.1, 0.15) is 11.3 Å². The molecule has 38 heavy (non-hydrogen) atoms. The summed E-state index contributed by atoms with van der Waals surface area (Å²) in [5.74, 6) is 0.177. The third-order valence-electron chi connectivity index (χ3n) is 5.77. The second kappa shape index (κ2) is 10.7. The molecule has 5 aromatic rings. The largest absolute Gasteiger partial charge is 0.381 e. The lowest BCUT2D eigenvalue weighted by molar-refractivity contribution is 0.251. The second-order valence-corrected chi connectivity index (χ2v) is 9.83. The number of rotatable bonds is 8. The standard InChI is InChI=1S/C27H24N6O4S/c34-27(30-18-21-8-4-5-15-28-21)32-26-31-24-16-23(38(35,36)37)13-14-25(24)33(26)22-11-9-20(10-12-22)29-17-19-6-2-1-3-7-19/h1-16,29H,17-18H2,(H,35,36,37)(H2,30,31,32,34). The van der Waals surface area contributed by atoms with Gasteiger partial charge in [-0.15, -0.1) is 0 Å². The molecule has 0 aliphatic rings. The van der Waals surface area contributed by atoms with Gasteiger partial charge in [-0.3, -0.25) is 19.4 Å². The fourth-order valence-corrected chi connectivity index (χ4v) is 4.41. The van der Waals surface area contributed by atoms with Crippen LogP contribution in [-0.2, 0) is 23.2 Å². The first-order valence-corrected chi connectivity index (χ1v) is 13.1. The smallest absolute Gasteiger partial charge is 0.321 e. The molecule has 0 atom stereocenters. The lowest BCUT2D eigenvalue weighted by Gasteiger charge is -2.12. The number of hydrogen-bond acceptors (Lipinski definition) is 6. The van der Waals surface area contributed by atoms with Gasteiger partial charge in [-0.05, 0) is 60.2 Å². The lowest BCUT2D eigenvalue weighted by atomic mass is 10.2. The van der Waals surface area contributed by atoms with Crippen molar-refractivity contribution in [3.05, 3.63) is 108 Å². The summed E-state index contributed by atoms with van der Waals surface area (Å²) in [5.41, 5.74) is 4.26. The van der Waals surface area contributed by atoms with E-state index in [9.17, 15) is 17.8 Å². The summed E-state index contributed by atoms with van der Waals surface area (Å²) < 4.78 is 34.5. The topological polar surface area (TPSA) is 138 Å². The van der Waals surface area contributed by atoms with E-state index in [1.807, 2.05) is 60.7 Å². The van der Waals surface area contributed by atoms with Crippen LogP contribution >= 0.6 is 0 Å². The zero-order chi connectivity index (χ0) is 26.5. The highest BCUT2D eigenvalue weighted by Crippen LogP contribution is 2.28. The maximum Gasteiger partial charge on any atom is 0.321 e. The number of carbonyl (C=O) groups is 1. The summed E-state index contributed by atoms with van der Waals surface area (Å²) in [6, 6.07) is 26.5. The summed E-state index contributed by atoms with van der Waals surface area (Å²) >= 11 is 0. The summed E-state index contributed by atoms with van der Waals surface area (Å²) in [6.45, 7) is 0.872.